The van der Waals surface area contributed by atoms with Gasteiger partial charge in [-0.1, -0.05) is 248 Å². The van der Waals surface area contributed by atoms with Crippen molar-refractivity contribution in [2.45, 2.75) is 158 Å². The normalized spacial score (nSPS) is 12.8. The van der Waals surface area contributed by atoms with Crippen LogP contribution in [0.15, 0.2) is 127 Å². The summed E-state index contributed by atoms with van der Waals surface area (Å²) < 4.78 is 0. The van der Waals surface area contributed by atoms with Gasteiger partial charge in [0.2, 0.25) is 0 Å². The zero-order valence-electron chi connectivity index (χ0n) is 48.8. The monoisotopic (exact) mass is 1180 g/mol. The number of rotatable bonds is 8. The van der Waals surface area contributed by atoms with Crippen LogP contribution in [0.4, 0.5) is 0 Å². The van der Waals surface area contributed by atoms with Gasteiger partial charge in [-0.15, -0.1) is 74.6 Å². The second-order valence-electron chi connectivity index (χ2n) is 26.7. The average Bonchev–Trinajstić information content (AvgIpc) is 4.06. The molecule has 8 heteroatoms. The van der Waals surface area contributed by atoms with Crippen molar-refractivity contribution < 1.29 is 20.8 Å². The first-order valence-corrected chi connectivity index (χ1v) is 48.2. The molecule has 9 rings (SSSR count). The van der Waals surface area contributed by atoms with Gasteiger partial charge >= 0.3 is 37.9 Å². The van der Waals surface area contributed by atoms with E-state index in [-0.39, 0.29) is 10.8 Å². The van der Waals surface area contributed by atoms with Gasteiger partial charge in [-0.05, 0) is 34.8 Å². The van der Waals surface area contributed by atoms with Crippen LogP contribution in [-0.4, -0.2) is 41.8 Å². The van der Waals surface area contributed by atoms with Crippen molar-refractivity contribution in [3.63, 3.8) is 0 Å². The summed E-state index contributed by atoms with van der Waals surface area (Å²) >= 11 is -0.826. The van der Waals surface area contributed by atoms with E-state index < -0.39 is 53.1 Å². The summed E-state index contributed by atoms with van der Waals surface area (Å²) in [5.41, 5.74) is 14.8. The maximum absolute atomic E-state index is 4.93. The Hall–Kier alpha value is -2.91. The Balaban J connectivity index is 0.000000186. The fourth-order valence-electron chi connectivity index (χ4n) is 9.79. The molecule has 1 aliphatic heterocycles. The molecule has 0 spiro atoms. The van der Waals surface area contributed by atoms with E-state index in [0.717, 1.165) is 22.4 Å². The molecule has 0 bridgehead atoms. The van der Waals surface area contributed by atoms with Crippen LogP contribution in [0.5, 0.6) is 0 Å². The molecule has 8 aromatic rings. The number of fused-ring (bicyclic) bond motifs is 5. The number of aryl methyl sites for hydroxylation is 2. The number of hydrogen-bond donors (Lipinski definition) is 0. The van der Waals surface area contributed by atoms with E-state index in [1.165, 1.54) is 87.6 Å². The van der Waals surface area contributed by atoms with Gasteiger partial charge in [-0.2, -0.15) is 41.6 Å². The van der Waals surface area contributed by atoms with Gasteiger partial charge in [0.25, 0.3) is 0 Å². The minimum atomic E-state index is -1.41. The zero-order valence-corrected chi connectivity index (χ0v) is 57.8. The van der Waals surface area contributed by atoms with Gasteiger partial charge in [-0.25, -0.2) is 0 Å². The second-order valence-corrected chi connectivity index (χ2v) is 52.0. The van der Waals surface area contributed by atoms with Crippen LogP contribution in [0, 0.1) is 6.07 Å². The molecule has 0 amide bonds. The van der Waals surface area contributed by atoms with Crippen LogP contribution in [0.25, 0.3) is 54.9 Å². The Labute approximate surface area is 474 Å². The van der Waals surface area contributed by atoms with Crippen molar-refractivity contribution in [2.75, 3.05) is 0 Å². The third-order valence-corrected chi connectivity index (χ3v) is 24.1. The Morgan fingerprint density at radius 2 is 0.851 bits per heavy atom. The van der Waals surface area contributed by atoms with Crippen molar-refractivity contribution in [2.24, 2.45) is 0 Å². The van der Waals surface area contributed by atoms with Gasteiger partial charge in [0.1, 0.15) is 0 Å². The van der Waals surface area contributed by atoms with Crippen molar-refractivity contribution >= 4 is 112 Å². The first-order valence-electron chi connectivity index (χ1n) is 26.9. The van der Waals surface area contributed by atoms with Crippen LogP contribution in [-0.2, 0) is 44.5 Å². The molecule has 0 atom stereocenters. The number of halogens is 2. The molecule has 1 aliphatic rings. The minimum Gasteiger partial charge on any atom is -0.184 e. The molecule has 0 saturated carbocycles. The van der Waals surface area contributed by atoms with Gasteiger partial charge in [0.15, 0.2) is 0 Å². The summed E-state index contributed by atoms with van der Waals surface area (Å²) in [6.07, 6.45) is 2.14. The van der Waals surface area contributed by atoms with Crippen LogP contribution < -0.4 is 31.1 Å². The quantitative estimate of drug-likeness (QED) is 0.105. The Kier molecular flexibility index (Phi) is 19.2. The van der Waals surface area contributed by atoms with Crippen LogP contribution >= 0.6 is 17.0 Å². The van der Waals surface area contributed by atoms with Gasteiger partial charge in [0, 0.05) is 0 Å². The first kappa shape index (κ1) is 60.3. The van der Waals surface area contributed by atoms with Crippen LogP contribution in [0.3, 0.4) is 0 Å². The van der Waals surface area contributed by atoms with E-state index in [2.05, 4.69) is 261 Å². The topological polar surface area (TPSA) is 0 Å². The predicted octanol–water partition coefficient (Wildman–Crippen LogP) is 16.9. The number of benzene rings is 6. The Bertz CT molecular complexity index is 2940. The summed E-state index contributed by atoms with van der Waals surface area (Å²) in [6.45, 7) is 48.2. The van der Waals surface area contributed by atoms with Crippen molar-refractivity contribution in [1.82, 2.24) is 0 Å². The predicted molar refractivity (Wildman–Crippen MR) is 345 cm³/mol. The molecule has 0 nitrogen and oxygen atoms in total. The molecule has 74 heavy (non-hydrogen) atoms. The molecule has 1 heterocycles. The maximum Gasteiger partial charge on any atom is 0.0920 e. The molecule has 2 radical (unpaired) electrons. The molecule has 8 aromatic carbocycles. The Morgan fingerprint density at radius 3 is 1.20 bits per heavy atom. The van der Waals surface area contributed by atoms with Gasteiger partial charge < -0.3 is 0 Å². The van der Waals surface area contributed by atoms with E-state index in [1.54, 1.807) is 20.7 Å². The van der Waals surface area contributed by atoms with Gasteiger partial charge in [0.05, 0.1) is 41.8 Å². The summed E-state index contributed by atoms with van der Waals surface area (Å²) in [4.78, 5) is 0. The SMILES string of the molecule is CCc1ccc2[cH-]c(C(C)(C)C)cc2c1-c1cc([Si](C)(C)C)cc([Si](C)(C)C)c1.CCc1ccc2[cH-]c(C(C)(C)C)cc2c1-c1cc([Si](C)(C)C)cc([Si](C)(C)C)c1.[Cl][Zr][Cl].[c-]1cccc2c1[Si]c1ccccc1-2. The van der Waals surface area contributed by atoms with Crippen molar-refractivity contribution in [1.29, 1.82) is 0 Å². The smallest absolute Gasteiger partial charge is 0.0920 e. The summed E-state index contributed by atoms with van der Waals surface area (Å²) in [6, 6.07) is 52.4. The molecule has 0 aromatic heterocycles. The summed E-state index contributed by atoms with van der Waals surface area (Å²) in [7, 11) is 5.04. The maximum atomic E-state index is 4.93. The average molecular weight is 1180 g/mol. The first-order chi connectivity index (χ1) is 34.3. The minimum absolute atomic E-state index is 0.173. The van der Waals surface area contributed by atoms with E-state index in [0.29, 0.717) is 0 Å². The molecular formula is C66H85Cl2Si5Zr-3. The second kappa shape index (κ2) is 23.6. The molecule has 390 valence electrons. The summed E-state index contributed by atoms with van der Waals surface area (Å²) in [5, 5.41) is 14.8. The third kappa shape index (κ3) is 14.4. The molecule has 0 fully saturated rings. The van der Waals surface area contributed by atoms with Gasteiger partial charge in [-0.3, -0.25) is 0 Å². The molecular weight excluding hydrogens is 1100 g/mol. The largest absolute Gasteiger partial charge is 0.184 e. The zero-order chi connectivity index (χ0) is 54.9. The van der Waals surface area contributed by atoms with Crippen LogP contribution in [0.1, 0.15) is 77.6 Å². The molecule has 0 unspecified atom stereocenters. The van der Waals surface area contributed by atoms with E-state index in [4.69, 9.17) is 17.0 Å². The molecule has 0 aliphatic carbocycles. The third-order valence-electron chi connectivity index (χ3n) is 14.7. The fraction of sp³-hybridized carbons (Fsp3) is 0.364. The van der Waals surface area contributed by atoms with Crippen molar-refractivity contribution in [3.8, 4) is 33.4 Å². The number of hydrogen-bond acceptors (Lipinski definition) is 0. The standard InChI is InChI=1S/2C27H39Si2.C12H7Si.2ClH.Zr/c2*1-11-19-12-13-20-14-22(27(2,3)4)17-25(20)26(19)21-15-23(28(5,6)7)18-24(16-21)29(8,9)10;1-3-7-11-9(5-1)10-6-2-4-8-12(10)13-11;;;/h2*12-18H,11H2,1-10H3;1-7H;2*1H;/q3*-1;;;+2/p-2. The fourth-order valence-corrected chi connectivity index (χ4v) is 16.1. The van der Waals surface area contributed by atoms with E-state index >= 15 is 0 Å². The van der Waals surface area contributed by atoms with Crippen molar-refractivity contribution in [3.05, 3.63) is 156 Å². The molecule has 0 N–H and O–H groups in total. The molecule has 0 saturated heterocycles. The van der Waals surface area contributed by atoms with Crippen LogP contribution in [0.2, 0.25) is 78.6 Å². The van der Waals surface area contributed by atoms with E-state index in [9.17, 15) is 0 Å². The Morgan fingerprint density at radius 1 is 0.486 bits per heavy atom. The van der Waals surface area contributed by atoms with E-state index in [1.807, 2.05) is 6.07 Å². The summed E-state index contributed by atoms with van der Waals surface area (Å²) in [5.74, 6) is 0.